The summed E-state index contributed by atoms with van der Waals surface area (Å²) in [5.74, 6) is 0.532. The van der Waals surface area contributed by atoms with E-state index in [1.165, 1.54) is 0 Å². The Kier molecular flexibility index (Phi) is 4.70. The highest BCUT2D eigenvalue weighted by Gasteiger charge is 2.29. The second-order valence-electron chi connectivity index (χ2n) is 6.10. The summed E-state index contributed by atoms with van der Waals surface area (Å²) in [5, 5.41) is 2.78. The van der Waals surface area contributed by atoms with Crippen LogP contribution in [0.4, 0.5) is 5.82 Å². The molecular formula is C15H20N4O4S. The molecule has 1 aromatic heterocycles. The van der Waals surface area contributed by atoms with Gasteiger partial charge in [-0.15, -0.1) is 0 Å². The van der Waals surface area contributed by atoms with Crippen molar-refractivity contribution in [1.82, 2.24) is 15.2 Å². The van der Waals surface area contributed by atoms with Gasteiger partial charge in [-0.2, -0.15) is 0 Å². The van der Waals surface area contributed by atoms with E-state index in [0.29, 0.717) is 44.0 Å². The second kappa shape index (κ2) is 6.76. The van der Waals surface area contributed by atoms with Crippen LogP contribution in [0.2, 0.25) is 0 Å². The Bertz CT molecular complexity index is 729. The maximum absolute atomic E-state index is 12.3. The number of carbonyl (C=O) groups is 2. The third-order valence-electron chi connectivity index (χ3n) is 4.36. The van der Waals surface area contributed by atoms with Crippen LogP contribution in [0.5, 0.6) is 0 Å². The lowest BCUT2D eigenvalue weighted by atomic mass is 10.2. The quantitative estimate of drug-likeness (QED) is 0.718. The molecule has 0 spiro atoms. The van der Waals surface area contributed by atoms with E-state index in [0.717, 1.165) is 6.41 Å². The molecule has 1 aromatic rings. The first-order chi connectivity index (χ1) is 11.5. The monoisotopic (exact) mass is 352 g/mol. The van der Waals surface area contributed by atoms with Crippen molar-refractivity contribution in [2.45, 2.75) is 12.5 Å². The molecule has 0 radical (unpaired) electrons. The van der Waals surface area contributed by atoms with Gasteiger partial charge in [0.15, 0.2) is 9.84 Å². The second-order valence-corrected chi connectivity index (χ2v) is 8.33. The van der Waals surface area contributed by atoms with Crippen molar-refractivity contribution in [1.29, 1.82) is 0 Å². The van der Waals surface area contributed by atoms with Crippen molar-refractivity contribution in [3.63, 3.8) is 0 Å². The molecular weight excluding hydrogens is 332 g/mol. The fourth-order valence-corrected chi connectivity index (χ4v) is 4.64. The number of carbonyl (C=O) groups excluding carboxylic acids is 2. The smallest absolute Gasteiger partial charge is 0.251 e. The van der Waals surface area contributed by atoms with Gasteiger partial charge in [-0.1, -0.05) is 0 Å². The summed E-state index contributed by atoms with van der Waals surface area (Å²) in [6.07, 6.45) is 2.87. The fraction of sp³-hybridized carbons (Fsp3) is 0.533. The van der Waals surface area contributed by atoms with Crippen molar-refractivity contribution in [2.75, 3.05) is 42.6 Å². The summed E-state index contributed by atoms with van der Waals surface area (Å²) in [7, 11) is -3.02. The Morgan fingerprint density at radius 2 is 2.04 bits per heavy atom. The standard InChI is InChI=1S/C15H20N4O4S/c20-11-18-4-6-19(7-5-18)14-9-12(1-3-16-14)15(21)17-13-2-8-24(22,23)10-13/h1,3,9,11,13H,2,4-8,10H2,(H,17,21). The van der Waals surface area contributed by atoms with Crippen LogP contribution < -0.4 is 10.2 Å². The summed E-state index contributed by atoms with van der Waals surface area (Å²) in [6, 6.07) is 2.99. The fourth-order valence-electron chi connectivity index (χ4n) is 2.97. The number of nitrogens with zero attached hydrogens (tertiary/aromatic N) is 3. The van der Waals surface area contributed by atoms with Gasteiger partial charge >= 0.3 is 0 Å². The predicted octanol–water partition coefficient (Wildman–Crippen LogP) is -0.723. The first-order valence-corrected chi connectivity index (χ1v) is 9.70. The molecule has 0 bridgehead atoms. The first-order valence-electron chi connectivity index (χ1n) is 7.88. The summed E-state index contributed by atoms with van der Waals surface area (Å²) in [5.41, 5.74) is 0.460. The van der Waals surface area contributed by atoms with Gasteiger partial charge in [0.25, 0.3) is 5.91 Å². The number of hydrogen-bond acceptors (Lipinski definition) is 6. The average Bonchev–Trinajstić information content (AvgIpc) is 2.93. The number of rotatable bonds is 4. The zero-order valence-corrected chi connectivity index (χ0v) is 14.0. The Morgan fingerprint density at radius 3 is 2.67 bits per heavy atom. The number of anilines is 1. The lowest BCUT2D eigenvalue weighted by molar-refractivity contribution is -0.118. The van der Waals surface area contributed by atoms with Gasteiger partial charge in [-0.05, 0) is 18.6 Å². The highest BCUT2D eigenvalue weighted by Crippen LogP contribution is 2.16. The molecule has 24 heavy (non-hydrogen) atoms. The van der Waals surface area contributed by atoms with E-state index in [-0.39, 0.29) is 23.5 Å². The summed E-state index contributed by atoms with van der Waals surface area (Å²) in [6.45, 7) is 2.58. The lowest BCUT2D eigenvalue weighted by Gasteiger charge is -2.33. The summed E-state index contributed by atoms with van der Waals surface area (Å²) < 4.78 is 22.9. The van der Waals surface area contributed by atoms with Crippen molar-refractivity contribution in [2.24, 2.45) is 0 Å². The third kappa shape index (κ3) is 3.84. The number of sulfone groups is 1. The van der Waals surface area contributed by atoms with Crippen molar-refractivity contribution >= 4 is 28.0 Å². The minimum Gasteiger partial charge on any atom is -0.353 e. The Labute approximate surface area is 140 Å². The first kappa shape index (κ1) is 16.7. The van der Waals surface area contributed by atoms with Crippen molar-refractivity contribution < 1.29 is 18.0 Å². The van der Waals surface area contributed by atoms with E-state index in [9.17, 15) is 18.0 Å². The summed E-state index contributed by atoms with van der Waals surface area (Å²) in [4.78, 5) is 31.1. The molecule has 1 atom stereocenters. The molecule has 9 heteroatoms. The van der Waals surface area contributed by atoms with Crippen LogP contribution in [0, 0.1) is 0 Å². The minimum absolute atomic E-state index is 0.00430. The van der Waals surface area contributed by atoms with Crippen LogP contribution in [0.25, 0.3) is 0 Å². The molecule has 1 N–H and O–H groups in total. The number of amides is 2. The maximum Gasteiger partial charge on any atom is 0.251 e. The van der Waals surface area contributed by atoms with Crippen LogP contribution in [0.15, 0.2) is 18.3 Å². The van der Waals surface area contributed by atoms with E-state index in [4.69, 9.17) is 0 Å². The van der Waals surface area contributed by atoms with Gasteiger partial charge in [-0.25, -0.2) is 13.4 Å². The molecule has 2 aliphatic heterocycles. The summed E-state index contributed by atoms with van der Waals surface area (Å²) >= 11 is 0. The van der Waals surface area contributed by atoms with E-state index >= 15 is 0 Å². The molecule has 2 saturated heterocycles. The topological polar surface area (TPSA) is 99.7 Å². The molecule has 2 fully saturated rings. The highest BCUT2D eigenvalue weighted by molar-refractivity contribution is 7.91. The van der Waals surface area contributed by atoms with Crippen LogP contribution in [0.1, 0.15) is 16.8 Å². The molecule has 0 aromatic carbocycles. The molecule has 130 valence electrons. The van der Waals surface area contributed by atoms with E-state index < -0.39 is 9.84 Å². The molecule has 0 aliphatic carbocycles. The lowest BCUT2D eigenvalue weighted by Crippen LogP contribution is -2.46. The Morgan fingerprint density at radius 1 is 1.29 bits per heavy atom. The van der Waals surface area contributed by atoms with Gasteiger partial charge in [0.2, 0.25) is 6.41 Å². The SMILES string of the molecule is O=CN1CCN(c2cc(C(=O)NC3CCS(=O)(=O)C3)ccn2)CC1. The van der Waals surface area contributed by atoms with Crippen molar-refractivity contribution in [3.05, 3.63) is 23.9 Å². The van der Waals surface area contributed by atoms with Gasteiger partial charge < -0.3 is 15.1 Å². The number of nitrogens with one attached hydrogen (secondary N) is 1. The minimum atomic E-state index is -3.02. The number of aromatic nitrogens is 1. The molecule has 0 saturated carbocycles. The van der Waals surface area contributed by atoms with E-state index in [2.05, 4.69) is 10.3 Å². The van der Waals surface area contributed by atoms with Crippen LogP contribution in [-0.2, 0) is 14.6 Å². The van der Waals surface area contributed by atoms with Crippen LogP contribution in [0.3, 0.4) is 0 Å². The molecule has 3 heterocycles. The van der Waals surface area contributed by atoms with E-state index in [1.807, 2.05) is 4.90 Å². The zero-order chi connectivity index (χ0) is 17.2. The molecule has 2 aliphatic rings. The molecule has 8 nitrogen and oxygen atoms in total. The van der Waals surface area contributed by atoms with Crippen molar-refractivity contribution in [3.8, 4) is 0 Å². The van der Waals surface area contributed by atoms with Gasteiger partial charge in [0.05, 0.1) is 11.5 Å². The molecule has 2 amide bonds. The highest BCUT2D eigenvalue weighted by atomic mass is 32.2. The van der Waals surface area contributed by atoms with E-state index in [1.54, 1.807) is 23.2 Å². The Balaban J connectivity index is 1.64. The van der Waals surface area contributed by atoms with Gasteiger partial charge in [0.1, 0.15) is 5.82 Å². The number of piperazine rings is 1. The molecule has 3 rings (SSSR count). The molecule has 1 unspecified atom stereocenters. The Hall–Kier alpha value is -2.16. The van der Waals surface area contributed by atoms with Gasteiger partial charge in [0, 0.05) is 44.0 Å². The van der Waals surface area contributed by atoms with Crippen LogP contribution in [-0.4, -0.2) is 74.3 Å². The third-order valence-corrected chi connectivity index (χ3v) is 6.13. The van der Waals surface area contributed by atoms with Crippen LogP contribution >= 0.6 is 0 Å². The number of hydrogen-bond donors (Lipinski definition) is 1. The maximum atomic E-state index is 12.3. The van der Waals surface area contributed by atoms with Gasteiger partial charge in [-0.3, -0.25) is 9.59 Å². The zero-order valence-electron chi connectivity index (χ0n) is 13.2. The largest absolute Gasteiger partial charge is 0.353 e. The normalized spacial score (nSPS) is 23.1. The number of pyridine rings is 1. The average molecular weight is 352 g/mol. The predicted molar refractivity (Wildman–Crippen MR) is 88.6 cm³/mol.